The van der Waals surface area contributed by atoms with Crippen molar-refractivity contribution in [2.45, 2.75) is 32.2 Å². The molecular weight excluding hydrogens is 402 g/mol. The van der Waals surface area contributed by atoms with E-state index in [-0.39, 0.29) is 10.6 Å². The van der Waals surface area contributed by atoms with E-state index in [0.29, 0.717) is 6.54 Å². The average molecular weight is 429 g/mol. The Labute approximate surface area is 180 Å². The number of carbonyl (C=O) groups is 2. The molecule has 2 aromatic rings. The first-order chi connectivity index (χ1) is 14.9. The van der Waals surface area contributed by atoms with E-state index in [1.54, 1.807) is 6.07 Å². The number of anilines is 1. The molecule has 166 valence electrons. The van der Waals surface area contributed by atoms with Crippen LogP contribution in [0.4, 0.5) is 11.4 Å². The molecule has 0 atom stereocenters. The highest BCUT2D eigenvalue weighted by atomic mass is 16.6. The van der Waals surface area contributed by atoms with Gasteiger partial charge in [0, 0.05) is 25.7 Å². The maximum atomic E-state index is 11.5. The van der Waals surface area contributed by atoms with E-state index in [4.69, 9.17) is 19.8 Å². The number of nitro groups is 1. The van der Waals surface area contributed by atoms with E-state index >= 15 is 0 Å². The van der Waals surface area contributed by atoms with Crippen molar-refractivity contribution in [2.24, 2.45) is 0 Å². The molecule has 1 heterocycles. The van der Waals surface area contributed by atoms with Gasteiger partial charge < -0.3 is 20.4 Å². The minimum Gasteiger partial charge on any atom is -0.473 e. The molecule has 0 unspecified atom stereocenters. The Balaban J connectivity index is 0.000000501. The molecule has 0 radical (unpaired) electrons. The zero-order valence-corrected chi connectivity index (χ0v) is 17.2. The third-order valence-electron chi connectivity index (χ3n) is 4.88. The highest BCUT2D eigenvalue weighted by Gasteiger charge is 2.21. The van der Waals surface area contributed by atoms with Gasteiger partial charge in [0.25, 0.3) is 5.69 Å². The summed E-state index contributed by atoms with van der Waals surface area (Å²) >= 11 is 0. The lowest BCUT2D eigenvalue weighted by atomic mass is 10.1. The molecule has 9 heteroatoms. The third kappa shape index (κ3) is 8.06. The van der Waals surface area contributed by atoms with Crippen LogP contribution in [-0.4, -0.2) is 46.7 Å². The second kappa shape index (κ2) is 12.3. The predicted octanol–water partition coefficient (Wildman–Crippen LogP) is 3.07. The Kier molecular flexibility index (Phi) is 9.44. The van der Waals surface area contributed by atoms with Crippen molar-refractivity contribution in [2.75, 3.05) is 24.5 Å². The molecule has 0 saturated carbocycles. The van der Waals surface area contributed by atoms with Crippen LogP contribution in [0.25, 0.3) is 0 Å². The molecule has 9 nitrogen and oxygen atoms in total. The van der Waals surface area contributed by atoms with E-state index in [9.17, 15) is 10.1 Å². The van der Waals surface area contributed by atoms with Gasteiger partial charge in [0.15, 0.2) is 0 Å². The zero-order chi connectivity index (χ0) is 22.6. The Morgan fingerprint density at radius 3 is 2.19 bits per heavy atom. The van der Waals surface area contributed by atoms with Crippen LogP contribution in [0, 0.1) is 10.1 Å². The zero-order valence-electron chi connectivity index (χ0n) is 17.2. The van der Waals surface area contributed by atoms with E-state index in [0.717, 1.165) is 50.1 Å². The second-order valence-electron chi connectivity index (χ2n) is 7.15. The number of nitrogens with zero attached hydrogens (tertiary/aromatic N) is 2. The summed E-state index contributed by atoms with van der Waals surface area (Å²) in [5.41, 5.74) is 3.24. The summed E-state index contributed by atoms with van der Waals surface area (Å²) in [6, 6.07) is 16.0. The summed E-state index contributed by atoms with van der Waals surface area (Å²) in [5, 5.41) is 29.7. The van der Waals surface area contributed by atoms with Gasteiger partial charge in [0.2, 0.25) is 0 Å². The summed E-state index contributed by atoms with van der Waals surface area (Å²) in [6.07, 6.45) is 4.39. The van der Waals surface area contributed by atoms with Crippen LogP contribution in [0.1, 0.15) is 30.4 Å². The smallest absolute Gasteiger partial charge is 0.414 e. The fourth-order valence-electron chi connectivity index (χ4n) is 3.34. The van der Waals surface area contributed by atoms with Crippen LogP contribution in [-0.2, 0) is 22.6 Å². The fraction of sp³-hybridized carbons (Fsp3) is 0.364. The van der Waals surface area contributed by atoms with Crippen LogP contribution in [0.2, 0.25) is 0 Å². The largest absolute Gasteiger partial charge is 0.473 e. The van der Waals surface area contributed by atoms with Crippen LogP contribution in [0.5, 0.6) is 0 Å². The highest BCUT2D eigenvalue weighted by Crippen LogP contribution is 2.31. The molecule has 0 aliphatic carbocycles. The van der Waals surface area contributed by atoms with Gasteiger partial charge in [-0.25, -0.2) is 9.59 Å². The molecule has 2 aromatic carbocycles. The van der Waals surface area contributed by atoms with Crippen LogP contribution in [0.15, 0.2) is 48.5 Å². The highest BCUT2D eigenvalue weighted by molar-refractivity contribution is 6.27. The third-order valence-corrected chi connectivity index (χ3v) is 4.88. The van der Waals surface area contributed by atoms with Crippen molar-refractivity contribution in [1.29, 1.82) is 0 Å². The van der Waals surface area contributed by atoms with Crippen molar-refractivity contribution in [3.05, 3.63) is 69.8 Å². The maximum Gasteiger partial charge on any atom is 0.414 e. The van der Waals surface area contributed by atoms with Crippen molar-refractivity contribution >= 4 is 23.3 Å². The number of rotatable bonds is 7. The Bertz CT molecular complexity index is 870. The van der Waals surface area contributed by atoms with Gasteiger partial charge in [-0.05, 0) is 49.4 Å². The van der Waals surface area contributed by atoms with E-state index in [1.165, 1.54) is 12.0 Å². The van der Waals surface area contributed by atoms with Crippen LogP contribution >= 0.6 is 0 Å². The minimum atomic E-state index is -1.82. The summed E-state index contributed by atoms with van der Waals surface area (Å²) in [7, 11) is 0. The van der Waals surface area contributed by atoms with Gasteiger partial charge in [-0.15, -0.1) is 0 Å². The molecule has 31 heavy (non-hydrogen) atoms. The number of carboxylic acids is 2. The number of nitrogens with one attached hydrogen (secondary N) is 1. The number of benzene rings is 2. The minimum absolute atomic E-state index is 0.226. The Morgan fingerprint density at radius 2 is 1.61 bits per heavy atom. The standard InChI is InChI=1S/C20H25N3O2.C2H2O4/c24-23(25)20-15-18(9-10-19(20)22-13-5-2-6-14-22)16-21-12-11-17-7-3-1-4-8-17;3-1(4)2(5)6/h1,3-4,7-10,15,21H,2,5-6,11-14,16H2;(H,3,4)(H,5,6). The van der Waals surface area contributed by atoms with E-state index in [2.05, 4.69) is 22.3 Å². The van der Waals surface area contributed by atoms with E-state index in [1.807, 2.05) is 30.3 Å². The molecule has 1 fully saturated rings. The number of nitro benzene ring substituents is 1. The molecule has 0 amide bonds. The van der Waals surface area contributed by atoms with Crippen LogP contribution in [0.3, 0.4) is 0 Å². The lowest BCUT2D eigenvalue weighted by Gasteiger charge is -2.28. The summed E-state index contributed by atoms with van der Waals surface area (Å²) < 4.78 is 0. The van der Waals surface area contributed by atoms with Crippen molar-refractivity contribution in [1.82, 2.24) is 5.32 Å². The topological polar surface area (TPSA) is 133 Å². The van der Waals surface area contributed by atoms with Crippen molar-refractivity contribution in [3.63, 3.8) is 0 Å². The van der Waals surface area contributed by atoms with Gasteiger partial charge in [-0.3, -0.25) is 10.1 Å². The van der Waals surface area contributed by atoms with E-state index < -0.39 is 11.9 Å². The van der Waals surface area contributed by atoms with Gasteiger partial charge in [0.05, 0.1) is 4.92 Å². The van der Waals surface area contributed by atoms with Crippen molar-refractivity contribution < 1.29 is 24.7 Å². The average Bonchev–Trinajstić information content (AvgIpc) is 2.78. The quantitative estimate of drug-likeness (QED) is 0.265. The molecule has 0 spiro atoms. The first-order valence-corrected chi connectivity index (χ1v) is 10.1. The summed E-state index contributed by atoms with van der Waals surface area (Å²) in [4.78, 5) is 31.6. The second-order valence-corrected chi connectivity index (χ2v) is 7.15. The lowest BCUT2D eigenvalue weighted by Crippen LogP contribution is -2.30. The van der Waals surface area contributed by atoms with Gasteiger partial charge in [-0.1, -0.05) is 36.4 Å². The monoisotopic (exact) mass is 429 g/mol. The molecular formula is C22H27N3O6. The maximum absolute atomic E-state index is 11.5. The number of piperidine rings is 1. The Morgan fingerprint density at radius 1 is 0.968 bits per heavy atom. The van der Waals surface area contributed by atoms with Crippen LogP contribution < -0.4 is 10.2 Å². The first-order valence-electron chi connectivity index (χ1n) is 10.1. The Hall–Kier alpha value is -3.46. The molecule has 0 bridgehead atoms. The molecule has 1 aliphatic rings. The summed E-state index contributed by atoms with van der Waals surface area (Å²) in [6.45, 7) is 3.32. The van der Waals surface area contributed by atoms with Gasteiger partial charge in [-0.2, -0.15) is 0 Å². The lowest BCUT2D eigenvalue weighted by molar-refractivity contribution is -0.384. The number of carboxylic acid groups (broad SMARTS) is 2. The molecule has 1 aliphatic heterocycles. The number of hydrogen-bond acceptors (Lipinski definition) is 6. The van der Waals surface area contributed by atoms with Gasteiger partial charge >= 0.3 is 11.9 Å². The molecule has 3 rings (SSSR count). The van der Waals surface area contributed by atoms with Gasteiger partial charge in [0.1, 0.15) is 5.69 Å². The van der Waals surface area contributed by atoms with Crippen molar-refractivity contribution in [3.8, 4) is 0 Å². The molecule has 1 saturated heterocycles. The SMILES string of the molecule is O=C(O)C(=O)O.O=[N+]([O-])c1cc(CNCCc2ccccc2)ccc1N1CCCCC1. The fourth-order valence-corrected chi connectivity index (χ4v) is 3.34. The molecule has 0 aromatic heterocycles. The normalized spacial score (nSPS) is 13.1. The summed E-state index contributed by atoms with van der Waals surface area (Å²) in [5.74, 6) is -3.65. The molecule has 3 N–H and O–H groups in total. The first kappa shape index (κ1) is 23.8. The predicted molar refractivity (Wildman–Crippen MR) is 116 cm³/mol. The number of hydrogen-bond donors (Lipinski definition) is 3. The number of aliphatic carboxylic acids is 2.